The molecule has 2 aromatic carbocycles. The van der Waals surface area contributed by atoms with Crippen LogP contribution in [0.25, 0.3) is 6.08 Å². The van der Waals surface area contributed by atoms with Crippen molar-refractivity contribution in [2.75, 3.05) is 5.32 Å². The normalized spacial score (nSPS) is 10.6. The maximum Gasteiger partial charge on any atom is 0.267 e. The van der Waals surface area contributed by atoms with Crippen LogP contribution in [-0.4, -0.2) is 17.0 Å². The highest BCUT2D eigenvalue weighted by molar-refractivity contribution is 5.91. The first kappa shape index (κ1) is 18.2. The fourth-order valence-electron chi connectivity index (χ4n) is 2.37. The predicted molar refractivity (Wildman–Crippen MR) is 96.7 cm³/mol. The van der Waals surface area contributed by atoms with Crippen molar-refractivity contribution in [2.45, 2.75) is 19.4 Å². The molecule has 0 bridgehead atoms. The molecule has 0 fully saturated rings. The van der Waals surface area contributed by atoms with Crippen molar-refractivity contribution in [1.82, 2.24) is 5.48 Å². The van der Waals surface area contributed by atoms with E-state index in [0.717, 1.165) is 22.4 Å². The number of anilines is 1. The van der Waals surface area contributed by atoms with Crippen molar-refractivity contribution in [3.8, 4) is 0 Å². The number of primary amides is 1. The maximum atomic E-state index is 11.1. The Morgan fingerprint density at radius 1 is 1.08 bits per heavy atom. The van der Waals surface area contributed by atoms with Gasteiger partial charge >= 0.3 is 0 Å². The molecule has 0 aromatic heterocycles. The molecule has 5 N–H and O–H groups in total. The summed E-state index contributed by atoms with van der Waals surface area (Å²) in [5, 5.41) is 11.9. The minimum Gasteiger partial charge on any atom is -0.380 e. The number of carbonyl (C=O) groups excluding carboxylic acids is 2. The summed E-state index contributed by atoms with van der Waals surface area (Å²) in [6, 6.07) is 15.5. The van der Waals surface area contributed by atoms with Crippen LogP contribution in [0.1, 0.15) is 23.1 Å². The van der Waals surface area contributed by atoms with Crippen LogP contribution in [0, 0.1) is 0 Å². The minimum absolute atomic E-state index is 0.309. The number of rotatable bonds is 8. The summed E-state index contributed by atoms with van der Waals surface area (Å²) in [4.78, 5) is 22.0. The monoisotopic (exact) mass is 339 g/mol. The Kier molecular flexibility index (Phi) is 6.74. The van der Waals surface area contributed by atoms with Gasteiger partial charge in [-0.05, 0) is 35.3 Å². The fraction of sp³-hybridized carbons (Fsp3) is 0.158. The van der Waals surface area contributed by atoms with E-state index in [0.29, 0.717) is 19.4 Å². The summed E-state index contributed by atoms with van der Waals surface area (Å²) < 4.78 is 0. The molecule has 25 heavy (non-hydrogen) atoms. The third-order valence-electron chi connectivity index (χ3n) is 3.62. The molecule has 0 aliphatic rings. The molecule has 0 heterocycles. The molecular weight excluding hydrogens is 318 g/mol. The van der Waals surface area contributed by atoms with E-state index in [2.05, 4.69) is 5.32 Å². The number of para-hydroxylation sites is 1. The lowest BCUT2D eigenvalue weighted by molar-refractivity contribution is -0.124. The molecule has 6 nitrogen and oxygen atoms in total. The number of hydrogen-bond donors (Lipinski definition) is 4. The minimum atomic E-state index is -0.586. The molecule has 0 saturated carbocycles. The Bertz CT molecular complexity index is 772. The van der Waals surface area contributed by atoms with Gasteiger partial charge in [0.2, 0.25) is 5.91 Å². The Labute approximate surface area is 146 Å². The number of benzene rings is 2. The third kappa shape index (κ3) is 6.12. The van der Waals surface area contributed by atoms with E-state index in [4.69, 9.17) is 10.9 Å². The van der Waals surface area contributed by atoms with E-state index >= 15 is 0 Å². The molecule has 2 amide bonds. The number of nitrogens with one attached hydrogen (secondary N) is 2. The van der Waals surface area contributed by atoms with Crippen molar-refractivity contribution < 1.29 is 14.8 Å². The van der Waals surface area contributed by atoms with Gasteiger partial charge < -0.3 is 11.1 Å². The first-order chi connectivity index (χ1) is 12.1. The standard InChI is InChI=1S/C19H21N3O3/c20-18(23)10-8-14-4-3-5-15(12-14)13-21-17-7-2-1-6-16(17)9-11-19(24)22-25/h1-7,9,11-12,21,25H,8,10,13H2,(H2,20,23)(H,22,24). The smallest absolute Gasteiger partial charge is 0.267 e. The molecule has 2 aromatic rings. The van der Waals surface area contributed by atoms with E-state index in [1.807, 2.05) is 48.5 Å². The Morgan fingerprint density at radius 3 is 2.60 bits per heavy atom. The molecule has 0 radical (unpaired) electrons. The van der Waals surface area contributed by atoms with E-state index in [1.165, 1.54) is 6.08 Å². The van der Waals surface area contributed by atoms with Crippen LogP contribution in [0.2, 0.25) is 0 Å². The molecule has 130 valence electrons. The lowest BCUT2D eigenvalue weighted by Crippen LogP contribution is -2.14. The van der Waals surface area contributed by atoms with Gasteiger partial charge in [-0.25, -0.2) is 5.48 Å². The number of amides is 2. The highest BCUT2D eigenvalue weighted by atomic mass is 16.5. The highest BCUT2D eigenvalue weighted by Crippen LogP contribution is 2.18. The van der Waals surface area contributed by atoms with E-state index in [1.54, 1.807) is 11.6 Å². The average Bonchev–Trinajstić information content (AvgIpc) is 2.63. The second-order valence-corrected chi connectivity index (χ2v) is 5.54. The first-order valence-electron chi connectivity index (χ1n) is 7.89. The van der Waals surface area contributed by atoms with Gasteiger partial charge in [-0.1, -0.05) is 42.5 Å². The lowest BCUT2D eigenvalue weighted by atomic mass is 10.1. The van der Waals surface area contributed by atoms with Gasteiger partial charge in [-0.15, -0.1) is 0 Å². The van der Waals surface area contributed by atoms with Crippen LogP contribution < -0.4 is 16.5 Å². The Hall–Kier alpha value is -3.12. The van der Waals surface area contributed by atoms with Crippen molar-refractivity contribution in [1.29, 1.82) is 0 Å². The van der Waals surface area contributed by atoms with E-state index in [-0.39, 0.29) is 5.91 Å². The number of carbonyl (C=O) groups is 2. The second kappa shape index (κ2) is 9.24. The van der Waals surface area contributed by atoms with Crippen molar-refractivity contribution in [3.05, 3.63) is 71.3 Å². The van der Waals surface area contributed by atoms with Crippen LogP contribution in [0.3, 0.4) is 0 Å². The summed E-state index contributed by atoms with van der Waals surface area (Å²) in [6.07, 6.45) is 3.83. The SMILES string of the molecule is NC(=O)CCc1cccc(CNc2ccccc2C=CC(=O)NO)c1. The molecule has 2 rings (SSSR count). The number of hydrogen-bond acceptors (Lipinski definition) is 4. The quantitative estimate of drug-likeness (QED) is 0.336. The summed E-state index contributed by atoms with van der Waals surface area (Å²) in [5.41, 5.74) is 10.6. The highest BCUT2D eigenvalue weighted by Gasteiger charge is 2.02. The van der Waals surface area contributed by atoms with Crippen LogP contribution >= 0.6 is 0 Å². The van der Waals surface area contributed by atoms with Gasteiger partial charge in [0.25, 0.3) is 5.91 Å². The van der Waals surface area contributed by atoms with Gasteiger partial charge in [0.1, 0.15) is 0 Å². The van der Waals surface area contributed by atoms with Gasteiger partial charge in [-0.2, -0.15) is 0 Å². The van der Waals surface area contributed by atoms with Gasteiger partial charge in [-0.3, -0.25) is 14.8 Å². The lowest BCUT2D eigenvalue weighted by Gasteiger charge is -2.11. The zero-order valence-electron chi connectivity index (χ0n) is 13.7. The summed E-state index contributed by atoms with van der Waals surface area (Å²) in [5.74, 6) is -0.895. The molecule has 0 unspecified atom stereocenters. The fourth-order valence-corrected chi connectivity index (χ4v) is 2.37. The van der Waals surface area contributed by atoms with Gasteiger partial charge in [0, 0.05) is 24.7 Å². The second-order valence-electron chi connectivity index (χ2n) is 5.54. The molecule has 6 heteroatoms. The molecule has 0 spiro atoms. The van der Waals surface area contributed by atoms with Crippen LogP contribution in [0.4, 0.5) is 5.69 Å². The zero-order valence-corrected chi connectivity index (χ0v) is 13.7. The van der Waals surface area contributed by atoms with Crippen molar-refractivity contribution in [3.63, 3.8) is 0 Å². The summed E-state index contributed by atoms with van der Waals surface area (Å²) in [6.45, 7) is 0.599. The third-order valence-corrected chi connectivity index (χ3v) is 3.62. The van der Waals surface area contributed by atoms with E-state index in [9.17, 15) is 9.59 Å². The topological polar surface area (TPSA) is 104 Å². The first-order valence-corrected chi connectivity index (χ1v) is 7.89. The van der Waals surface area contributed by atoms with E-state index < -0.39 is 5.91 Å². The molecule has 0 aliphatic heterocycles. The van der Waals surface area contributed by atoms with Crippen LogP contribution in [0.5, 0.6) is 0 Å². The number of aryl methyl sites for hydroxylation is 1. The average molecular weight is 339 g/mol. The Morgan fingerprint density at radius 2 is 1.84 bits per heavy atom. The summed E-state index contributed by atoms with van der Waals surface area (Å²) in [7, 11) is 0. The zero-order chi connectivity index (χ0) is 18.1. The number of hydroxylamine groups is 1. The van der Waals surface area contributed by atoms with Crippen LogP contribution in [0.15, 0.2) is 54.6 Å². The molecular formula is C19H21N3O3. The predicted octanol–water partition coefficient (Wildman–Crippen LogP) is 2.24. The number of nitrogens with two attached hydrogens (primary N) is 1. The van der Waals surface area contributed by atoms with Crippen molar-refractivity contribution in [2.24, 2.45) is 5.73 Å². The van der Waals surface area contributed by atoms with Crippen molar-refractivity contribution >= 4 is 23.6 Å². The Balaban J connectivity index is 2.04. The largest absolute Gasteiger partial charge is 0.380 e. The summed E-state index contributed by atoms with van der Waals surface area (Å²) >= 11 is 0. The van der Waals surface area contributed by atoms with Crippen LogP contribution in [-0.2, 0) is 22.6 Å². The van der Waals surface area contributed by atoms with Gasteiger partial charge in [0.05, 0.1) is 0 Å². The molecule has 0 atom stereocenters. The maximum absolute atomic E-state index is 11.1. The molecule has 0 saturated heterocycles. The van der Waals surface area contributed by atoms with Gasteiger partial charge in [0.15, 0.2) is 0 Å². The molecule has 0 aliphatic carbocycles.